The first-order valence-electron chi connectivity index (χ1n) is 6.61. The Morgan fingerprint density at radius 1 is 1.41 bits per heavy atom. The van der Waals surface area contributed by atoms with E-state index in [-0.39, 0.29) is 17.9 Å². The van der Waals surface area contributed by atoms with Crippen LogP contribution in [0.3, 0.4) is 0 Å². The van der Waals surface area contributed by atoms with E-state index in [0.717, 1.165) is 0 Å². The van der Waals surface area contributed by atoms with E-state index in [4.69, 9.17) is 0 Å². The van der Waals surface area contributed by atoms with E-state index in [1.807, 2.05) is 0 Å². The minimum atomic E-state index is -4.30. The molecule has 0 radical (unpaired) electrons. The second-order valence-electron chi connectivity index (χ2n) is 4.92. The lowest BCUT2D eigenvalue weighted by atomic mass is 10.0. The van der Waals surface area contributed by atoms with Crippen LogP contribution in [0.25, 0.3) is 10.2 Å². The van der Waals surface area contributed by atoms with Crippen LogP contribution in [-0.4, -0.2) is 26.1 Å². The average molecular weight is 352 g/mol. The summed E-state index contributed by atoms with van der Waals surface area (Å²) in [6.45, 7) is 1.35. The number of sulfonamides is 1. The lowest BCUT2D eigenvalue weighted by Gasteiger charge is -2.17. The van der Waals surface area contributed by atoms with Gasteiger partial charge in [0.25, 0.3) is 0 Å². The van der Waals surface area contributed by atoms with Gasteiger partial charge in [-0.1, -0.05) is 13.3 Å². The van der Waals surface area contributed by atoms with Crippen molar-refractivity contribution in [3.63, 3.8) is 0 Å². The molecule has 0 saturated carbocycles. The number of alkyl halides is 3. The summed E-state index contributed by atoms with van der Waals surface area (Å²) in [7, 11) is -3.86. The highest BCUT2D eigenvalue weighted by atomic mass is 32.2. The van der Waals surface area contributed by atoms with E-state index in [0.29, 0.717) is 10.2 Å². The number of rotatable bonds is 6. The molecule has 4 nitrogen and oxygen atoms in total. The maximum absolute atomic E-state index is 12.4. The molecule has 0 aliphatic rings. The molecule has 2 aromatic heterocycles. The van der Waals surface area contributed by atoms with Crippen LogP contribution in [0.4, 0.5) is 13.2 Å². The third kappa shape index (κ3) is 4.40. The van der Waals surface area contributed by atoms with Gasteiger partial charge >= 0.3 is 6.18 Å². The fourth-order valence-corrected chi connectivity index (χ4v) is 3.92. The molecule has 0 aromatic carbocycles. The summed E-state index contributed by atoms with van der Waals surface area (Å²) in [4.78, 5) is 3.99. The number of hydrogen-bond acceptors (Lipinski definition) is 4. The predicted octanol–water partition coefficient (Wildman–Crippen LogP) is 3.55. The van der Waals surface area contributed by atoms with Gasteiger partial charge in [-0.05, 0) is 23.4 Å². The van der Waals surface area contributed by atoms with Gasteiger partial charge in [0.15, 0.2) is 0 Å². The molecule has 22 heavy (non-hydrogen) atoms. The summed E-state index contributed by atoms with van der Waals surface area (Å²) in [5.41, 5.74) is 0.687. The fourth-order valence-electron chi connectivity index (χ4n) is 1.97. The zero-order valence-electron chi connectivity index (χ0n) is 11.7. The third-order valence-electron chi connectivity index (χ3n) is 3.25. The summed E-state index contributed by atoms with van der Waals surface area (Å²) < 4.78 is 64.4. The molecule has 1 unspecified atom stereocenters. The van der Waals surface area contributed by atoms with Crippen LogP contribution in [-0.2, 0) is 10.0 Å². The Morgan fingerprint density at radius 3 is 2.77 bits per heavy atom. The first-order chi connectivity index (χ1) is 10.2. The van der Waals surface area contributed by atoms with Gasteiger partial charge in [-0.15, -0.1) is 11.3 Å². The lowest BCUT2D eigenvalue weighted by molar-refractivity contribution is -0.144. The number of aromatic nitrogens is 1. The van der Waals surface area contributed by atoms with Crippen molar-refractivity contribution in [3.8, 4) is 0 Å². The van der Waals surface area contributed by atoms with Crippen molar-refractivity contribution in [3.05, 3.63) is 23.7 Å². The molecule has 1 N–H and O–H groups in total. The highest BCUT2D eigenvalue weighted by molar-refractivity contribution is 7.89. The molecular weight excluding hydrogens is 337 g/mol. The second kappa shape index (κ2) is 6.51. The minimum Gasteiger partial charge on any atom is -0.254 e. The van der Waals surface area contributed by atoms with E-state index in [2.05, 4.69) is 9.71 Å². The number of thiophene rings is 1. The summed E-state index contributed by atoms with van der Waals surface area (Å²) in [5, 5.41) is 1.79. The molecule has 2 rings (SSSR count). The van der Waals surface area contributed by atoms with Crippen LogP contribution in [0.1, 0.15) is 19.8 Å². The van der Waals surface area contributed by atoms with Gasteiger partial charge in [-0.25, -0.2) is 13.1 Å². The number of pyridine rings is 1. The van der Waals surface area contributed by atoms with Gasteiger partial charge in [0, 0.05) is 19.2 Å². The van der Waals surface area contributed by atoms with Crippen molar-refractivity contribution >= 4 is 31.6 Å². The van der Waals surface area contributed by atoms with Gasteiger partial charge in [-0.2, -0.15) is 13.2 Å². The molecule has 2 aromatic rings. The highest BCUT2D eigenvalue weighted by Gasteiger charge is 2.31. The Kier molecular flexibility index (Phi) is 5.08. The number of hydrogen-bond donors (Lipinski definition) is 1. The summed E-state index contributed by atoms with van der Waals surface area (Å²) in [6, 6.07) is 3.24. The number of nitrogens with zero attached hydrogens (tertiary/aromatic N) is 1. The van der Waals surface area contributed by atoms with Crippen LogP contribution in [0.5, 0.6) is 0 Å². The third-order valence-corrected chi connectivity index (χ3v) is 5.49. The smallest absolute Gasteiger partial charge is 0.254 e. The van der Waals surface area contributed by atoms with Crippen molar-refractivity contribution in [2.24, 2.45) is 5.92 Å². The average Bonchev–Trinajstić information content (AvgIpc) is 2.89. The first-order valence-corrected chi connectivity index (χ1v) is 8.97. The zero-order chi connectivity index (χ0) is 16.4. The SMILES string of the molecule is CCC(CNS(=O)(=O)c1cnc2ccsc2c1)CC(F)(F)F. The van der Waals surface area contributed by atoms with Crippen molar-refractivity contribution in [1.29, 1.82) is 0 Å². The summed E-state index contributed by atoms with van der Waals surface area (Å²) >= 11 is 1.35. The predicted molar refractivity (Wildman–Crippen MR) is 79.3 cm³/mol. The van der Waals surface area contributed by atoms with Crippen molar-refractivity contribution in [2.75, 3.05) is 6.54 Å². The summed E-state index contributed by atoms with van der Waals surface area (Å²) in [5.74, 6) is -0.784. The van der Waals surface area contributed by atoms with Crippen molar-refractivity contribution in [2.45, 2.75) is 30.8 Å². The van der Waals surface area contributed by atoms with E-state index in [9.17, 15) is 21.6 Å². The normalized spacial score (nSPS) is 14.4. The van der Waals surface area contributed by atoms with E-state index in [1.165, 1.54) is 23.6 Å². The molecule has 0 amide bonds. The van der Waals surface area contributed by atoms with Gasteiger partial charge in [0.05, 0.1) is 10.2 Å². The molecule has 122 valence electrons. The van der Waals surface area contributed by atoms with E-state index < -0.39 is 28.5 Å². The molecule has 2 heterocycles. The Morgan fingerprint density at radius 2 is 2.14 bits per heavy atom. The van der Waals surface area contributed by atoms with Crippen molar-refractivity contribution in [1.82, 2.24) is 9.71 Å². The Balaban J connectivity index is 2.09. The molecule has 1 atom stereocenters. The molecule has 0 bridgehead atoms. The van der Waals surface area contributed by atoms with E-state index in [1.54, 1.807) is 18.4 Å². The van der Waals surface area contributed by atoms with E-state index >= 15 is 0 Å². The first kappa shape index (κ1) is 17.2. The molecule has 0 aliphatic carbocycles. The number of nitrogens with one attached hydrogen (secondary N) is 1. The molecule has 0 fully saturated rings. The van der Waals surface area contributed by atoms with Crippen LogP contribution in [0.2, 0.25) is 0 Å². The topological polar surface area (TPSA) is 59.1 Å². The van der Waals surface area contributed by atoms with Gasteiger partial charge in [0.2, 0.25) is 10.0 Å². The molecule has 9 heteroatoms. The largest absolute Gasteiger partial charge is 0.389 e. The highest BCUT2D eigenvalue weighted by Crippen LogP contribution is 2.26. The maximum Gasteiger partial charge on any atom is 0.389 e. The fraction of sp³-hybridized carbons (Fsp3) is 0.462. The van der Waals surface area contributed by atoms with Crippen LogP contribution < -0.4 is 4.72 Å². The Bertz CT molecular complexity index is 741. The molecule has 0 aliphatic heterocycles. The number of fused-ring (bicyclic) bond motifs is 1. The van der Waals surface area contributed by atoms with Gasteiger partial charge in [-0.3, -0.25) is 4.98 Å². The maximum atomic E-state index is 12.4. The van der Waals surface area contributed by atoms with Crippen LogP contribution in [0, 0.1) is 5.92 Å². The molecular formula is C13H15F3N2O2S2. The number of halogens is 3. The Hall–Kier alpha value is -1.19. The Labute approximate surface area is 130 Å². The zero-order valence-corrected chi connectivity index (χ0v) is 13.4. The summed E-state index contributed by atoms with van der Waals surface area (Å²) in [6.07, 6.45) is -3.86. The van der Waals surface area contributed by atoms with Gasteiger partial charge in [0.1, 0.15) is 4.90 Å². The van der Waals surface area contributed by atoms with Crippen LogP contribution >= 0.6 is 11.3 Å². The minimum absolute atomic E-state index is 0.0377. The quantitative estimate of drug-likeness (QED) is 0.865. The molecule has 0 spiro atoms. The van der Waals surface area contributed by atoms with Crippen molar-refractivity contribution < 1.29 is 21.6 Å². The second-order valence-corrected chi connectivity index (χ2v) is 7.64. The monoisotopic (exact) mass is 352 g/mol. The standard InChI is InChI=1S/C13H15F3N2O2S2/c1-2-9(6-13(14,15)16)7-18-22(19,20)10-5-12-11(17-8-10)3-4-21-12/h3-5,8-9,18H,2,6-7H2,1H3. The molecule has 0 saturated heterocycles. The van der Waals surface area contributed by atoms with Crippen LogP contribution in [0.15, 0.2) is 28.6 Å². The van der Waals surface area contributed by atoms with Gasteiger partial charge < -0.3 is 0 Å². The lowest BCUT2D eigenvalue weighted by Crippen LogP contribution is -2.31.